The van der Waals surface area contributed by atoms with E-state index in [1.165, 1.54) is 11.8 Å². The minimum absolute atomic E-state index is 0.147. The SMILES string of the molecule is CCOc1ccccc1-n1nnnc1SCC(=O)NC(C)c1cc(OC)ccc1OC. The summed E-state index contributed by atoms with van der Waals surface area (Å²) in [6, 6.07) is 12.7. The summed E-state index contributed by atoms with van der Waals surface area (Å²) in [7, 11) is 3.19. The zero-order chi connectivity index (χ0) is 22.2. The van der Waals surface area contributed by atoms with Gasteiger partial charge in [-0.2, -0.15) is 4.68 Å². The van der Waals surface area contributed by atoms with Crippen molar-refractivity contribution in [2.45, 2.75) is 25.0 Å². The Morgan fingerprint density at radius 3 is 2.71 bits per heavy atom. The molecule has 31 heavy (non-hydrogen) atoms. The number of carbonyl (C=O) groups is 1. The Morgan fingerprint density at radius 1 is 1.16 bits per heavy atom. The molecule has 164 valence electrons. The highest BCUT2D eigenvalue weighted by atomic mass is 32.2. The molecule has 2 aromatic carbocycles. The summed E-state index contributed by atoms with van der Waals surface area (Å²) < 4.78 is 17.9. The van der Waals surface area contributed by atoms with Crippen molar-refractivity contribution in [1.82, 2.24) is 25.5 Å². The third-order valence-corrected chi connectivity index (χ3v) is 5.37. The summed E-state index contributed by atoms with van der Waals surface area (Å²) in [4.78, 5) is 12.6. The van der Waals surface area contributed by atoms with Gasteiger partial charge < -0.3 is 19.5 Å². The predicted molar refractivity (Wildman–Crippen MR) is 117 cm³/mol. The number of methoxy groups -OCH3 is 2. The van der Waals surface area contributed by atoms with Crippen LogP contribution in [0.15, 0.2) is 47.6 Å². The number of para-hydroxylation sites is 2. The van der Waals surface area contributed by atoms with Gasteiger partial charge in [0.15, 0.2) is 0 Å². The molecule has 1 N–H and O–H groups in total. The smallest absolute Gasteiger partial charge is 0.230 e. The maximum absolute atomic E-state index is 12.6. The molecule has 1 atom stereocenters. The quantitative estimate of drug-likeness (QED) is 0.477. The van der Waals surface area contributed by atoms with Crippen LogP contribution in [0.3, 0.4) is 0 Å². The van der Waals surface area contributed by atoms with Gasteiger partial charge in [-0.15, -0.1) is 5.10 Å². The lowest BCUT2D eigenvalue weighted by molar-refractivity contribution is -0.119. The van der Waals surface area contributed by atoms with Crippen molar-refractivity contribution < 1.29 is 19.0 Å². The number of hydrogen-bond donors (Lipinski definition) is 1. The van der Waals surface area contributed by atoms with Gasteiger partial charge in [0.05, 0.1) is 32.6 Å². The molecule has 1 amide bonds. The third-order valence-electron chi connectivity index (χ3n) is 4.45. The number of amides is 1. The summed E-state index contributed by atoms with van der Waals surface area (Å²) in [5.41, 5.74) is 1.54. The van der Waals surface area contributed by atoms with Crippen LogP contribution in [0.5, 0.6) is 17.2 Å². The Balaban J connectivity index is 1.67. The standard InChI is InChI=1S/C21H25N5O4S/c1-5-30-19-9-7-6-8-17(19)26-21(23-24-25-26)31-13-20(27)22-14(2)16-12-15(28-3)10-11-18(16)29-4/h6-12,14H,5,13H2,1-4H3,(H,22,27). The number of ether oxygens (including phenoxy) is 3. The van der Waals surface area contributed by atoms with Crippen LogP contribution in [0.4, 0.5) is 0 Å². The molecule has 0 saturated heterocycles. The lowest BCUT2D eigenvalue weighted by atomic mass is 10.1. The number of rotatable bonds is 10. The molecule has 10 heteroatoms. The monoisotopic (exact) mass is 443 g/mol. The van der Waals surface area contributed by atoms with E-state index in [9.17, 15) is 4.79 Å². The number of thioether (sulfide) groups is 1. The fraction of sp³-hybridized carbons (Fsp3) is 0.333. The second-order valence-electron chi connectivity index (χ2n) is 6.46. The topological polar surface area (TPSA) is 100 Å². The Bertz CT molecular complexity index is 1030. The third kappa shape index (κ3) is 5.46. The molecule has 9 nitrogen and oxygen atoms in total. The van der Waals surface area contributed by atoms with E-state index in [2.05, 4.69) is 20.8 Å². The molecule has 1 heterocycles. The Kier molecular flexibility index (Phi) is 7.71. The van der Waals surface area contributed by atoms with Gasteiger partial charge in [0.1, 0.15) is 22.9 Å². The van der Waals surface area contributed by atoms with E-state index in [0.29, 0.717) is 34.7 Å². The number of tetrazole rings is 1. The summed E-state index contributed by atoms with van der Waals surface area (Å²) in [6.45, 7) is 4.33. The molecule has 0 aliphatic heterocycles. The fourth-order valence-electron chi connectivity index (χ4n) is 3.00. The molecule has 0 spiro atoms. The van der Waals surface area contributed by atoms with Crippen LogP contribution >= 0.6 is 11.8 Å². The van der Waals surface area contributed by atoms with Crippen molar-refractivity contribution in [2.24, 2.45) is 0 Å². The van der Waals surface area contributed by atoms with Gasteiger partial charge in [0.2, 0.25) is 11.1 Å². The molecule has 0 aliphatic rings. The average Bonchev–Trinajstić information content (AvgIpc) is 3.26. The Labute approximate surface area is 185 Å². The van der Waals surface area contributed by atoms with Crippen molar-refractivity contribution >= 4 is 17.7 Å². The van der Waals surface area contributed by atoms with Crippen LogP contribution in [0.2, 0.25) is 0 Å². The molecule has 3 aromatic rings. The van der Waals surface area contributed by atoms with E-state index in [0.717, 1.165) is 5.56 Å². The van der Waals surface area contributed by atoms with Crippen LogP contribution in [0.25, 0.3) is 5.69 Å². The summed E-state index contributed by atoms with van der Waals surface area (Å²) in [5.74, 6) is 2.03. The van der Waals surface area contributed by atoms with Crippen LogP contribution in [0.1, 0.15) is 25.5 Å². The van der Waals surface area contributed by atoms with Crippen LogP contribution < -0.4 is 19.5 Å². The average molecular weight is 444 g/mol. The lowest BCUT2D eigenvalue weighted by Crippen LogP contribution is -2.28. The first-order valence-corrected chi connectivity index (χ1v) is 10.7. The van der Waals surface area contributed by atoms with Crippen LogP contribution in [0, 0.1) is 0 Å². The van der Waals surface area contributed by atoms with E-state index in [1.54, 1.807) is 18.9 Å². The number of hydrogen-bond acceptors (Lipinski definition) is 8. The second kappa shape index (κ2) is 10.7. The predicted octanol–water partition coefficient (Wildman–Crippen LogP) is 3.05. The highest BCUT2D eigenvalue weighted by molar-refractivity contribution is 7.99. The van der Waals surface area contributed by atoms with Gasteiger partial charge in [0, 0.05) is 5.56 Å². The summed E-state index contributed by atoms with van der Waals surface area (Å²) in [5, 5.41) is 15.3. The summed E-state index contributed by atoms with van der Waals surface area (Å²) >= 11 is 1.24. The largest absolute Gasteiger partial charge is 0.497 e. The van der Waals surface area contributed by atoms with Crippen molar-refractivity contribution in [3.05, 3.63) is 48.0 Å². The lowest BCUT2D eigenvalue weighted by Gasteiger charge is -2.18. The van der Waals surface area contributed by atoms with E-state index < -0.39 is 0 Å². The maximum Gasteiger partial charge on any atom is 0.230 e. The number of nitrogens with zero attached hydrogens (tertiary/aromatic N) is 4. The molecule has 1 aromatic heterocycles. The molecule has 3 rings (SSSR count). The van der Waals surface area contributed by atoms with Crippen molar-refractivity contribution in [1.29, 1.82) is 0 Å². The number of carbonyl (C=O) groups excluding carboxylic acids is 1. The number of nitrogens with one attached hydrogen (secondary N) is 1. The van der Waals surface area contributed by atoms with Crippen LogP contribution in [-0.4, -0.2) is 52.7 Å². The number of aromatic nitrogens is 4. The zero-order valence-corrected chi connectivity index (χ0v) is 18.7. The van der Waals surface area contributed by atoms with Gasteiger partial charge in [0.25, 0.3) is 0 Å². The normalized spacial score (nSPS) is 11.6. The minimum atomic E-state index is -0.271. The fourth-order valence-corrected chi connectivity index (χ4v) is 3.69. The molecule has 0 aliphatic carbocycles. The van der Waals surface area contributed by atoms with Gasteiger partial charge in [-0.25, -0.2) is 0 Å². The molecule has 1 unspecified atom stereocenters. The van der Waals surface area contributed by atoms with E-state index in [4.69, 9.17) is 14.2 Å². The molecule has 0 bridgehead atoms. The zero-order valence-electron chi connectivity index (χ0n) is 17.9. The van der Waals surface area contributed by atoms with Crippen molar-refractivity contribution in [3.8, 4) is 22.9 Å². The second-order valence-corrected chi connectivity index (χ2v) is 7.40. The Hall–Kier alpha value is -3.27. The first kappa shape index (κ1) is 22.4. The maximum atomic E-state index is 12.6. The molecule has 0 radical (unpaired) electrons. The molecule has 0 fully saturated rings. The van der Waals surface area contributed by atoms with Gasteiger partial charge >= 0.3 is 0 Å². The molecular weight excluding hydrogens is 418 g/mol. The van der Waals surface area contributed by atoms with E-state index in [1.807, 2.05) is 56.3 Å². The van der Waals surface area contributed by atoms with Crippen LogP contribution in [-0.2, 0) is 4.79 Å². The van der Waals surface area contributed by atoms with Gasteiger partial charge in [-0.1, -0.05) is 23.9 Å². The first-order chi connectivity index (χ1) is 15.1. The molecule has 0 saturated carbocycles. The van der Waals surface area contributed by atoms with Gasteiger partial charge in [-0.05, 0) is 54.6 Å². The molecular formula is C21H25N5O4S. The highest BCUT2D eigenvalue weighted by Gasteiger charge is 2.18. The first-order valence-electron chi connectivity index (χ1n) is 9.72. The van der Waals surface area contributed by atoms with Crippen molar-refractivity contribution in [3.63, 3.8) is 0 Å². The van der Waals surface area contributed by atoms with Crippen molar-refractivity contribution in [2.75, 3.05) is 26.6 Å². The van der Waals surface area contributed by atoms with Gasteiger partial charge in [-0.3, -0.25) is 4.79 Å². The van der Waals surface area contributed by atoms with E-state index >= 15 is 0 Å². The van der Waals surface area contributed by atoms with E-state index in [-0.39, 0.29) is 17.7 Å². The summed E-state index contributed by atoms with van der Waals surface area (Å²) in [6.07, 6.45) is 0. The number of benzene rings is 2. The minimum Gasteiger partial charge on any atom is -0.497 e. The Morgan fingerprint density at radius 2 is 1.97 bits per heavy atom. The highest BCUT2D eigenvalue weighted by Crippen LogP contribution is 2.30.